The molecular formula is C13H28N2. The molecule has 1 N–H and O–H groups in total. The molecular weight excluding hydrogens is 184 g/mol. The zero-order valence-electron chi connectivity index (χ0n) is 10.9. The van der Waals surface area contributed by atoms with Crippen LogP contribution in [0.4, 0.5) is 0 Å². The van der Waals surface area contributed by atoms with Crippen molar-refractivity contribution in [1.82, 2.24) is 10.2 Å². The van der Waals surface area contributed by atoms with Crippen LogP contribution in [0.1, 0.15) is 40.0 Å². The smallest absolute Gasteiger partial charge is 0.00508 e. The minimum absolute atomic E-state index is 0.670. The topological polar surface area (TPSA) is 15.3 Å². The lowest BCUT2D eigenvalue weighted by Gasteiger charge is -2.20. The number of rotatable bonds is 8. The molecule has 0 aliphatic heterocycles. The fourth-order valence-corrected chi connectivity index (χ4v) is 2.05. The van der Waals surface area contributed by atoms with Crippen LogP contribution in [0.3, 0.4) is 0 Å². The summed E-state index contributed by atoms with van der Waals surface area (Å²) in [5.74, 6) is 1.98. The minimum Gasteiger partial charge on any atom is -0.314 e. The minimum atomic E-state index is 0.670. The fraction of sp³-hybridized carbons (Fsp3) is 1.00. The molecule has 0 heterocycles. The lowest BCUT2D eigenvalue weighted by molar-refractivity contribution is 0.295. The number of nitrogens with zero attached hydrogens (tertiary/aromatic N) is 1. The van der Waals surface area contributed by atoms with Gasteiger partial charge in [-0.05, 0) is 58.2 Å². The van der Waals surface area contributed by atoms with Crippen molar-refractivity contribution < 1.29 is 0 Å². The second kappa shape index (κ2) is 6.49. The lowest BCUT2D eigenvalue weighted by atomic mass is 10.2. The highest BCUT2D eigenvalue weighted by Crippen LogP contribution is 2.37. The van der Waals surface area contributed by atoms with Crippen LogP contribution < -0.4 is 5.32 Å². The van der Waals surface area contributed by atoms with Crippen LogP contribution in [-0.4, -0.2) is 37.6 Å². The molecule has 1 fully saturated rings. The summed E-state index contributed by atoms with van der Waals surface area (Å²) in [6.45, 7) is 10.6. The molecule has 1 aliphatic carbocycles. The van der Waals surface area contributed by atoms with Crippen molar-refractivity contribution in [1.29, 1.82) is 0 Å². The Morgan fingerprint density at radius 1 is 1.47 bits per heavy atom. The second-order valence-corrected chi connectivity index (χ2v) is 5.38. The lowest BCUT2D eigenvalue weighted by Crippen LogP contribution is -2.32. The van der Waals surface area contributed by atoms with Crippen molar-refractivity contribution in [3.8, 4) is 0 Å². The molecule has 0 aromatic heterocycles. The van der Waals surface area contributed by atoms with E-state index in [0.717, 1.165) is 18.4 Å². The Morgan fingerprint density at radius 3 is 2.67 bits per heavy atom. The Morgan fingerprint density at radius 2 is 2.13 bits per heavy atom. The van der Waals surface area contributed by atoms with Gasteiger partial charge in [0, 0.05) is 12.6 Å². The van der Waals surface area contributed by atoms with Crippen LogP contribution >= 0.6 is 0 Å². The second-order valence-electron chi connectivity index (χ2n) is 5.38. The molecule has 90 valence electrons. The Bertz CT molecular complexity index is 170. The molecule has 0 radical (unpaired) electrons. The molecule has 15 heavy (non-hydrogen) atoms. The van der Waals surface area contributed by atoms with E-state index in [1.54, 1.807) is 0 Å². The van der Waals surface area contributed by atoms with E-state index in [2.05, 4.69) is 38.0 Å². The summed E-state index contributed by atoms with van der Waals surface area (Å²) in [4.78, 5) is 2.50. The highest BCUT2D eigenvalue weighted by Gasteiger charge is 2.32. The highest BCUT2D eigenvalue weighted by atomic mass is 15.1. The molecule has 1 rings (SSSR count). The van der Waals surface area contributed by atoms with Gasteiger partial charge >= 0.3 is 0 Å². The first-order valence-electron chi connectivity index (χ1n) is 6.55. The average molecular weight is 212 g/mol. The first-order chi connectivity index (χ1) is 7.13. The quantitative estimate of drug-likeness (QED) is 0.664. The standard InChI is InChI=1S/C13H28N2/c1-5-7-14-12(3)6-8-15(4)10-13-9-11(13)2/h11-14H,5-10H2,1-4H3. The third-order valence-electron chi connectivity index (χ3n) is 3.51. The van der Waals surface area contributed by atoms with Crippen LogP contribution in [0, 0.1) is 11.8 Å². The van der Waals surface area contributed by atoms with Gasteiger partial charge in [0.2, 0.25) is 0 Å². The van der Waals surface area contributed by atoms with Crippen molar-refractivity contribution >= 4 is 0 Å². The van der Waals surface area contributed by atoms with E-state index >= 15 is 0 Å². The maximum atomic E-state index is 3.54. The van der Waals surface area contributed by atoms with Gasteiger partial charge < -0.3 is 10.2 Å². The molecule has 0 aromatic rings. The van der Waals surface area contributed by atoms with Crippen molar-refractivity contribution in [2.45, 2.75) is 46.1 Å². The summed E-state index contributed by atoms with van der Waals surface area (Å²) in [6.07, 6.45) is 3.96. The van der Waals surface area contributed by atoms with Gasteiger partial charge in [-0.2, -0.15) is 0 Å². The third kappa shape index (κ3) is 5.53. The molecule has 0 bridgehead atoms. The van der Waals surface area contributed by atoms with Crippen molar-refractivity contribution in [2.24, 2.45) is 11.8 Å². The summed E-state index contributed by atoms with van der Waals surface area (Å²) in [7, 11) is 2.26. The van der Waals surface area contributed by atoms with E-state index < -0.39 is 0 Å². The highest BCUT2D eigenvalue weighted by molar-refractivity contribution is 4.84. The number of nitrogens with one attached hydrogen (secondary N) is 1. The maximum Gasteiger partial charge on any atom is 0.00508 e. The monoisotopic (exact) mass is 212 g/mol. The molecule has 1 aliphatic rings. The van der Waals surface area contributed by atoms with Crippen molar-refractivity contribution in [3.63, 3.8) is 0 Å². The summed E-state index contributed by atoms with van der Waals surface area (Å²) in [5, 5.41) is 3.54. The van der Waals surface area contributed by atoms with Gasteiger partial charge in [-0.1, -0.05) is 13.8 Å². The first-order valence-corrected chi connectivity index (χ1v) is 6.55. The molecule has 3 atom stereocenters. The Balaban J connectivity index is 1.97. The van der Waals surface area contributed by atoms with E-state index in [9.17, 15) is 0 Å². The molecule has 3 unspecified atom stereocenters. The third-order valence-corrected chi connectivity index (χ3v) is 3.51. The van der Waals surface area contributed by atoms with E-state index in [0.29, 0.717) is 6.04 Å². The van der Waals surface area contributed by atoms with Gasteiger partial charge in [0.25, 0.3) is 0 Å². The Labute approximate surface area is 95.4 Å². The van der Waals surface area contributed by atoms with E-state index in [1.807, 2.05) is 0 Å². The number of hydrogen-bond acceptors (Lipinski definition) is 2. The zero-order valence-corrected chi connectivity index (χ0v) is 10.9. The van der Waals surface area contributed by atoms with Crippen LogP contribution in [-0.2, 0) is 0 Å². The predicted octanol–water partition coefficient (Wildman–Crippen LogP) is 2.35. The summed E-state index contributed by atoms with van der Waals surface area (Å²) >= 11 is 0. The SMILES string of the molecule is CCCNC(C)CCN(C)CC1CC1C. The van der Waals surface area contributed by atoms with E-state index in [4.69, 9.17) is 0 Å². The van der Waals surface area contributed by atoms with Gasteiger partial charge in [0.15, 0.2) is 0 Å². The Kier molecular flexibility index (Phi) is 5.62. The summed E-state index contributed by atoms with van der Waals surface area (Å²) in [5.41, 5.74) is 0. The summed E-state index contributed by atoms with van der Waals surface area (Å²) in [6, 6.07) is 0.670. The molecule has 0 spiro atoms. The normalized spacial score (nSPS) is 27.0. The van der Waals surface area contributed by atoms with Crippen LogP contribution in [0.25, 0.3) is 0 Å². The van der Waals surface area contributed by atoms with Gasteiger partial charge in [-0.15, -0.1) is 0 Å². The molecule has 0 aromatic carbocycles. The molecule has 2 heteroatoms. The van der Waals surface area contributed by atoms with Crippen LogP contribution in [0.15, 0.2) is 0 Å². The van der Waals surface area contributed by atoms with Crippen molar-refractivity contribution in [3.05, 3.63) is 0 Å². The van der Waals surface area contributed by atoms with Gasteiger partial charge in [-0.25, -0.2) is 0 Å². The zero-order chi connectivity index (χ0) is 11.3. The molecule has 2 nitrogen and oxygen atoms in total. The molecule has 1 saturated carbocycles. The van der Waals surface area contributed by atoms with Crippen LogP contribution in [0.5, 0.6) is 0 Å². The Hall–Kier alpha value is -0.0800. The van der Waals surface area contributed by atoms with Crippen molar-refractivity contribution in [2.75, 3.05) is 26.7 Å². The number of hydrogen-bond donors (Lipinski definition) is 1. The van der Waals surface area contributed by atoms with Crippen LogP contribution in [0.2, 0.25) is 0 Å². The predicted molar refractivity (Wildman–Crippen MR) is 67.1 cm³/mol. The maximum absolute atomic E-state index is 3.54. The largest absolute Gasteiger partial charge is 0.314 e. The van der Waals surface area contributed by atoms with E-state index in [1.165, 1.54) is 32.4 Å². The average Bonchev–Trinajstić information content (AvgIpc) is 2.88. The van der Waals surface area contributed by atoms with Gasteiger partial charge in [0.05, 0.1) is 0 Å². The first kappa shape index (κ1) is 13.0. The fourth-order valence-electron chi connectivity index (χ4n) is 2.05. The molecule has 0 saturated heterocycles. The van der Waals surface area contributed by atoms with E-state index in [-0.39, 0.29) is 0 Å². The van der Waals surface area contributed by atoms with Gasteiger partial charge in [0.1, 0.15) is 0 Å². The summed E-state index contributed by atoms with van der Waals surface area (Å²) < 4.78 is 0. The van der Waals surface area contributed by atoms with Gasteiger partial charge in [-0.3, -0.25) is 0 Å². The molecule has 0 amide bonds.